The molecule has 0 amide bonds. The van der Waals surface area contributed by atoms with Crippen molar-refractivity contribution < 1.29 is 24.1 Å². The van der Waals surface area contributed by atoms with Crippen LogP contribution in [0.25, 0.3) is 6.08 Å². The van der Waals surface area contributed by atoms with Gasteiger partial charge in [-0.2, -0.15) is 0 Å². The Morgan fingerprint density at radius 3 is 2.79 bits per heavy atom. The summed E-state index contributed by atoms with van der Waals surface area (Å²) in [5.74, 6) is 1.24. The molecule has 0 saturated carbocycles. The first-order chi connectivity index (χ1) is 13.3. The molecule has 146 valence electrons. The van der Waals surface area contributed by atoms with Crippen molar-refractivity contribution in [3.05, 3.63) is 56.2 Å². The van der Waals surface area contributed by atoms with Crippen LogP contribution in [0.2, 0.25) is 0 Å². The molecule has 4 rings (SSSR count). The molecule has 0 radical (unpaired) electrons. The molecule has 0 bridgehead atoms. The lowest BCUT2D eigenvalue weighted by molar-refractivity contribution is -0.0165. The monoisotopic (exact) mass is 445 g/mol. The molecule has 28 heavy (non-hydrogen) atoms. The summed E-state index contributed by atoms with van der Waals surface area (Å²) < 4.78 is 17.8. The number of aryl methyl sites for hydroxylation is 1. The van der Waals surface area contributed by atoms with E-state index < -0.39 is 0 Å². The summed E-state index contributed by atoms with van der Waals surface area (Å²) in [4.78, 5) is 15.0. The highest BCUT2D eigenvalue weighted by Gasteiger charge is 2.33. The molecule has 0 saturated heterocycles. The molecule has 2 aromatic carbocycles. The van der Waals surface area contributed by atoms with Crippen molar-refractivity contribution in [3.63, 3.8) is 0 Å². The number of benzene rings is 2. The van der Waals surface area contributed by atoms with Gasteiger partial charge in [-0.3, -0.25) is 4.79 Å². The van der Waals surface area contributed by atoms with Gasteiger partial charge in [0.05, 0.1) is 17.7 Å². The average molecular weight is 446 g/mol. The van der Waals surface area contributed by atoms with Crippen LogP contribution in [-0.2, 0) is 17.9 Å². The second-order valence-corrected chi connectivity index (χ2v) is 8.08. The van der Waals surface area contributed by atoms with E-state index in [1.165, 1.54) is 0 Å². The van der Waals surface area contributed by atoms with Crippen molar-refractivity contribution in [2.24, 2.45) is 0 Å². The number of ketones is 1. The summed E-state index contributed by atoms with van der Waals surface area (Å²) in [6.45, 7) is 2.87. The van der Waals surface area contributed by atoms with Crippen molar-refractivity contribution in [1.29, 1.82) is 0 Å². The van der Waals surface area contributed by atoms with E-state index in [4.69, 9.17) is 14.2 Å². The molecule has 0 unspecified atom stereocenters. The summed E-state index contributed by atoms with van der Waals surface area (Å²) in [5, 5.41) is 10.4. The number of carbonyl (C=O) groups is 1. The van der Waals surface area contributed by atoms with Gasteiger partial charge < -0.3 is 24.2 Å². The second kappa shape index (κ2) is 7.24. The van der Waals surface area contributed by atoms with Gasteiger partial charge in [0.15, 0.2) is 12.6 Å². The number of Topliss-reactive ketones (excluding diaryl/α,β-unsaturated/α-hetero) is 1. The molecule has 2 aliphatic heterocycles. The molecule has 0 spiro atoms. The third-order valence-corrected chi connectivity index (χ3v) is 5.14. The van der Waals surface area contributed by atoms with Crippen molar-refractivity contribution in [3.8, 4) is 17.2 Å². The molecule has 0 atom stereocenters. The molecule has 6 nitrogen and oxygen atoms in total. The molecular formula is C21H20BrNO5. The molecule has 0 aliphatic carbocycles. The van der Waals surface area contributed by atoms with E-state index in [0.29, 0.717) is 41.3 Å². The molecule has 1 N–H and O–H groups in total. The van der Waals surface area contributed by atoms with Crippen LogP contribution in [0.5, 0.6) is 17.2 Å². The summed E-state index contributed by atoms with van der Waals surface area (Å²) >= 11 is 3.49. The van der Waals surface area contributed by atoms with Gasteiger partial charge in [0, 0.05) is 22.1 Å². The number of aromatic hydroxyl groups is 1. The van der Waals surface area contributed by atoms with E-state index in [9.17, 15) is 9.90 Å². The van der Waals surface area contributed by atoms with Crippen molar-refractivity contribution >= 4 is 27.8 Å². The lowest BCUT2D eigenvalue weighted by Crippen LogP contribution is -2.12. The number of halogens is 1. The third kappa shape index (κ3) is 3.30. The molecule has 2 aliphatic rings. The lowest BCUT2D eigenvalue weighted by Gasteiger charge is -2.20. The Morgan fingerprint density at radius 1 is 1.25 bits per heavy atom. The Kier molecular flexibility index (Phi) is 4.91. The van der Waals surface area contributed by atoms with Gasteiger partial charge in [-0.1, -0.05) is 15.9 Å². The predicted molar refractivity (Wildman–Crippen MR) is 108 cm³/mol. The van der Waals surface area contributed by atoms with E-state index in [0.717, 1.165) is 15.6 Å². The quantitative estimate of drug-likeness (QED) is 0.719. The van der Waals surface area contributed by atoms with E-state index in [-0.39, 0.29) is 24.1 Å². The molecule has 2 aromatic rings. The Bertz CT molecular complexity index is 1010. The highest BCUT2D eigenvalue weighted by Crippen LogP contribution is 2.43. The van der Waals surface area contributed by atoms with Crippen LogP contribution in [0.3, 0.4) is 0 Å². The van der Waals surface area contributed by atoms with Gasteiger partial charge >= 0.3 is 0 Å². The summed E-state index contributed by atoms with van der Waals surface area (Å²) in [6, 6.07) is 5.42. The lowest BCUT2D eigenvalue weighted by atomic mass is 9.99. The largest absolute Gasteiger partial charge is 0.507 e. The van der Waals surface area contributed by atoms with Gasteiger partial charge in [0.2, 0.25) is 5.78 Å². The van der Waals surface area contributed by atoms with Crippen LogP contribution in [-0.4, -0.2) is 36.7 Å². The third-order valence-electron chi connectivity index (χ3n) is 4.69. The zero-order valence-corrected chi connectivity index (χ0v) is 17.4. The van der Waals surface area contributed by atoms with Crippen LogP contribution in [0.15, 0.2) is 28.4 Å². The SMILES string of the molecule is Cc1cc(O)c(CN(C)C)c2c1C(=O)/C(=C/c1cc(Br)cc3c1OCOC3)O2. The smallest absolute Gasteiger partial charge is 0.232 e. The second-order valence-electron chi connectivity index (χ2n) is 7.17. The minimum absolute atomic E-state index is 0.124. The van der Waals surface area contributed by atoms with Crippen molar-refractivity contribution in [2.45, 2.75) is 20.1 Å². The molecule has 0 fully saturated rings. The maximum absolute atomic E-state index is 13.1. The van der Waals surface area contributed by atoms with Gasteiger partial charge in [-0.05, 0) is 50.9 Å². The number of fused-ring (bicyclic) bond motifs is 2. The van der Waals surface area contributed by atoms with E-state index in [1.54, 1.807) is 19.1 Å². The first-order valence-corrected chi connectivity index (χ1v) is 9.62. The highest BCUT2D eigenvalue weighted by molar-refractivity contribution is 9.10. The van der Waals surface area contributed by atoms with E-state index in [1.807, 2.05) is 31.1 Å². The van der Waals surface area contributed by atoms with Gasteiger partial charge in [-0.15, -0.1) is 0 Å². The number of carbonyl (C=O) groups excluding carboxylic acids is 1. The fraction of sp³-hybridized carbons (Fsp3) is 0.286. The maximum Gasteiger partial charge on any atom is 0.232 e. The number of rotatable bonds is 3. The van der Waals surface area contributed by atoms with E-state index >= 15 is 0 Å². The number of nitrogens with zero attached hydrogens (tertiary/aromatic N) is 1. The fourth-order valence-electron chi connectivity index (χ4n) is 3.51. The van der Waals surface area contributed by atoms with Gasteiger partial charge in [-0.25, -0.2) is 0 Å². The van der Waals surface area contributed by atoms with Gasteiger partial charge in [0.1, 0.15) is 17.2 Å². The van der Waals surface area contributed by atoms with Crippen molar-refractivity contribution in [2.75, 3.05) is 20.9 Å². The Labute approximate surface area is 171 Å². The molecule has 7 heteroatoms. The zero-order chi connectivity index (χ0) is 20.0. The number of ether oxygens (including phenoxy) is 3. The Morgan fingerprint density at radius 2 is 2.04 bits per heavy atom. The molecule has 0 aromatic heterocycles. The Balaban J connectivity index is 1.81. The Hall–Kier alpha value is -2.35. The number of hydrogen-bond donors (Lipinski definition) is 1. The fourth-order valence-corrected chi connectivity index (χ4v) is 4.03. The van der Waals surface area contributed by atoms with Gasteiger partial charge in [0.25, 0.3) is 0 Å². The van der Waals surface area contributed by atoms with Crippen LogP contribution >= 0.6 is 15.9 Å². The van der Waals surface area contributed by atoms with Crippen molar-refractivity contribution in [1.82, 2.24) is 4.90 Å². The minimum Gasteiger partial charge on any atom is -0.507 e. The standard InChI is InChI=1S/C21H20BrNO5/c1-11-4-16(24)15(8-23(2)3)21-18(11)19(25)17(28-21)7-12-5-14(22)6-13-9-26-10-27-20(12)13/h4-7,24H,8-10H2,1-3H3/b17-7-. The minimum atomic E-state index is -0.201. The maximum atomic E-state index is 13.1. The normalized spacial score (nSPS) is 16.8. The molecule has 2 heterocycles. The summed E-state index contributed by atoms with van der Waals surface area (Å²) in [6.07, 6.45) is 1.69. The zero-order valence-electron chi connectivity index (χ0n) is 15.8. The van der Waals surface area contributed by atoms with Crippen LogP contribution in [0.1, 0.15) is 32.6 Å². The number of hydrogen-bond acceptors (Lipinski definition) is 6. The summed E-state index contributed by atoms with van der Waals surface area (Å²) in [5.41, 5.74) is 3.42. The number of phenolic OH excluding ortho intramolecular Hbond substituents is 1. The summed E-state index contributed by atoms with van der Waals surface area (Å²) in [7, 11) is 3.79. The number of allylic oxidation sites excluding steroid dienone is 1. The van der Waals surface area contributed by atoms with Crippen LogP contribution in [0, 0.1) is 6.92 Å². The first-order valence-electron chi connectivity index (χ1n) is 8.82. The first kappa shape index (κ1) is 19.0. The predicted octanol–water partition coefficient (Wildman–Crippen LogP) is 4.01. The van der Waals surface area contributed by atoms with E-state index in [2.05, 4.69) is 15.9 Å². The number of phenols is 1. The van der Waals surface area contributed by atoms with Crippen LogP contribution < -0.4 is 9.47 Å². The molecular weight excluding hydrogens is 426 g/mol. The highest BCUT2D eigenvalue weighted by atomic mass is 79.9. The average Bonchev–Trinajstić information content (AvgIpc) is 2.95. The van der Waals surface area contributed by atoms with Crippen LogP contribution in [0.4, 0.5) is 0 Å². The topological polar surface area (TPSA) is 68.2 Å².